The van der Waals surface area contributed by atoms with Gasteiger partial charge in [-0.25, -0.2) is 0 Å². The molecule has 0 aliphatic rings. The zero-order chi connectivity index (χ0) is 6.78. The summed E-state index contributed by atoms with van der Waals surface area (Å²) in [6.45, 7) is 0. The Bertz CT molecular complexity index is 138. The summed E-state index contributed by atoms with van der Waals surface area (Å²) >= 11 is 0. The van der Waals surface area contributed by atoms with Crippen molar-refractivity contribution in [1.82, 2.24) is 0 Å². The van der Waals surface area contributed by atoms with Crippen LogP contribution >= 0.6 is 7.60 Å². The van der Waals surface area contributed by atoms with Crippen LogP contribution in [-0.4, -0.2) is 78.4 Å². The van der Waals surface area contributed by atoms with Gasteiger partial charge in [0, 0.05) is 0 Å². The number of hydrogen-bond donors (Lipinski definition) is 3. The first-order valence-corrected chi connectivity index (χ1v) is 3.48. The van der Waals surface area contributed by atoms with Crippen LogP contribution in [0, 0.1) is 0 Å². The molecule has 0 fully saturated rings. The van der Waals surface area contributed by atoms with Crippen LogP contribution in [0.5, 0.6) is 0 Å². The monoisotopic (exact) mass is 180 g/mol. The molecule has 50 valence electrons. The SMILES string of the molecule is O=C(O)CP(=O)(O)O.[KH]. The van der Waals surface area contributed by atoms with Gasteiger partial charge in [0.1, 0.15) is 6.16 Å². The second-order valence-corrected chi connectivity index (χ2v) is 2.86. The van der Waals surface area contributed by atoms with Crippen LogP contribution in [0.3, 0.4) is 0 Å². The van der Waals surface area contributed by atoms with Crippen molar-refractivity contribution in [2.45, 2.75) is 0 Å². The first-order chi connectivity index (χ1) is 3.42. The molecule has 7 heteroatoms. The Hall–Kier alpha value is 1.26. The van der Waals surface area contributed by atoms with E-state index < -0.39 is 19.7 Å². The molecule has 0 saturated carbocycles. The molecule has 0 bridgehead atoms. The van der Waals surface area contributed by atoms with E-state index in [0.29, 0.717) is 0 Å². The van der Waals surface area contributed by atoms with E-state index in [0.717, 1.165) is 0 Å². The van der Waals surface area contributed by atoms with Gasteiger partial charge in [0.05, 0.1) is 0 Å². The average molecular weight is 180 g/mol. The van der Waals surface area contributed by atoms with Crippen molar-refractivity contribution in [2.75, 3.05) is 6.16 Å². The van der Waals surface area contributed by atoms with Gasteiger partial charge >= 0.3 is 64.9 Å². The van der Waals surface area contributed by atoms with Crippen molar-refractivity contribution in [1.29, 1.82) is 0 Å². The van der Waals surface area contributed by atoms with Gasteiger partial charge in [-0.1, -0.05) is 0 Å². The van der Waals surface area contributed by atoms with E-state index in [-0.39, 0.29) is 51.4 Å². The van der Waals surface area contributed by atoms with E-state index in [9.17, 15) is 9.36 Å². The van der Waals surface area contributed by atoms with Crippen LogP contribution < -0.4 is 0 Å². The van der Waals surface area contributed by atoms with E-state index in [4.69, 9.17) is 14.9 Å². The fraction of sp³-hybridized carbons (Fsp3) is 0.500. The van der Waals surface area contributed by atoms with E-state index in [2.05, 4.69) is 0 Å². The molecule has 0 amide bonds. The Morgan fingerprint density at radius 2 is 1.78 bits per heavy atom. The number of aliphatic carboxylic acids is 1. The van der Waals surface area contributed by atoms with Gasteiger partial charge < -0.3 is 14.9 Å². The zero-order valence-corrected chi connectivity index (χ0v) is 4.71. The van der Waals surface area contributed by atoms with Gasteiger partial charge in [-0.15, -0.1) is 0 Å². The molecule has 0 saturated heterocycles. The number of carbonyl (C=O) groups is 1. The molecule has 0 aromatic heterocycles. The third-order valence-electron chi connectivity index (χ3n) is 0.341. The van der Waals surface area contributed by atoms with Gasteiger partial charge in [-0.2, -0.15) is 0 Å². The van der Waals surface area contributed by atoms with Crippen molar-refractivity contribution >= 4 is 64.9 Å². The molecule has 3 N–H and O–H groups in total. The summed E-state index contributed by atoms with van der Waals surface area (Å²) in [4.78, 5) is 25.4. The third-order valence-corrected chi connectivity index (χ3v) is 1.02. The summed E-state index contributed by atoms with van der Waals surface area (Å²) in [5.41, 5.74) is 0. The second kappa shape index (κ2) is 4.98. The Labute approximate surface area is 94.0 Å². The number of rotatable bonds is 2. The first-order valence-electron chi connectivity index (χ1n) is 1.68. The standard InChI is InChI=1S/C2H5O5P.K.H/c3-2(4)1-8(5,6)7;;/h1H2,(H,3,4)(H2,5,6,7);;. The van der Waals surface area contributed by atoms with E-state index in [1.165, 1.54) is 0 Å². The summed E-state index contributed by atoms with van der Waals surface area (Å²) in [5.74, 6) is -1.49. The minimum atomic E-state index is -4.32. The molecule has 0 radical (unpaired) electrons. The average Bonchev–Trinajstić information content (AvgIpc) is 1.21. The molecular formula is C2H6KO5P. The maximum absolute atomic E-state index is 9.76. The maximum atomic E-state index is 9.76. The summed E-state index contributed by atoms with van der Waals surface area (Å²) in [6.07, 6.45) is -1.09. The summed E-state index contributed by atoms with van der Waals surface area (Å²) < 4.78 is 9.76. The minimum absolute atomic E-state index is 0. The van der Waals surface area contributed by atoms with Crippen molar-refractivity contribution < 1.29 is 24.3 Å². The molecule has 9 heavy (non-hydrogen) atoms. The van der Waals surface area contributed by atoms with Crippen LogP contribution in [0.15, 0.2) is 0 Å². The normalized spacial score (nSPS) is 10.0. The fourth-order valence-electron chi connectivity index (χ4n) is 0.176. The van der Waals surface area contributed by atoms with Crippen LogP contribution in [0.4, 0.5) is 0 Å². The van der Waals surface area contributed by atoms with Gasteiger partial charge in [-0.05, 0) is 0 Å². The molecule has 0 aromatic rings. The molecular weight excluding hydrogens is 174 g/mol. The third kappa shape index (κ3) is 12.5. The van der Waals surface area contributed by atoms with E-state index >= 15 is 0 Å². The van der Waals surface area contributed by atoms with Crippen molar-refractivity contribution in [3.8, 4) is 0 Å². The fourth-order valence-corrected chi connectivity index (χ4v) is 0.529. The van der Waals surface area contributed by atoms with Crippen molar-refractivity contribution in [3.05, 3.63) is 0 Å². The van der Waals surface area contributed by atoms with Crippen LogP contribution in [0.1, 0.15) is 0 Å². The topological polar surface area (TPSA) is 94.8 Å². The van der Waals surface area contributed by atoms with Crippen molar-refractivity contribution in [2.24, 2.45) is 0 Å². The molecule has 0 aliphatic heterocycles. The second-order valence-electron chi connectivity index (χ2n) is 1.22. The van der Waals surface area contributed by atoms with E-state index in [1.54, 1.807) is 0 Å². The molecule has 5 nitrogen and oxygen atoms in total. The van der Waals surface area contributed by atoms with Gasteiger partial charge in [0.25, 0.3) is 0 Å². The number of carboxylic acid groups (broad SMARTS) is 1. The predicted molar refractivity (Wildman–Crippen MR) is 31.7 cm³/mol. The molecule has 0 aliphatic carbocycles. The zero-order valence-electron chi connectivity index (χ0n) is 3.81. The van der Waals surface area contributed by atoms with E-state index in [1.807, 2.05) is 0 Å². The Kier molecular flexibility index (Phi) is 7.13. The van der Waals surface area contributed by atoms with Gasteiger partial charge in [-0.3, -0.25) is 9.36 Å². The Morgan fingerprint density at radius 3 is 1.78 bits per heavy atom. The van der Waals surface area contributed by atoms with Gasteiger partial charge in [0.2, 0.25) is 0 Å². The predicted octanol–water partition coefficient (Wildman–Crippen LogP) is -1.40. The summed E-state index contributed by atoms with van der Waals surface area (Å²) in [5, 5.41) is 7.76. The number of hydrogen-bond acceptors (Lipinski definition) is 2. The molecule has 0 rings (SSSR count). The summed E-state index contributed by atoms with van der Waals surface area (Å²) in [7, 11) is -4.32. The van der Waals surface area contributed by atoms with Crippen LogP contribution in [-0.2, 0) is 9.36 Å². The molecule has 0 unspecified atom stereocenters. The Balaban J connectivity index is 0. The quantitative estimate of drug-likeness (QED) is 0.359. The molecule has 0 atom stereocenters. The molecule has 0 spiro atoms. The van der Waals surface area contributed by atoms with Crippen molar-refractivity contribution in [3.63, 3.8) is 0 Å². The Morgan fingerprint density at radius 1 is 1.44 bits per heavy atom. The van der Waals surface area contributed by atoms with Crippen LogP contribution in [0.2, 0.25) is 0 Å². The first kappa shape index (κ1) is 12.9. The number of carboxylic acids is 1. The molecule has 0 aromatic carbocycles. The van der Waals surface area contributed by atoms with Crippen LogP contribution in [0.25, 0.3) is 0 Å². The van der Waals surface area contributed by atoms with Gasteiger partial charge in [0.15, 0.2) is 0 Å². The summed E-state index contributed by atoms with van der Waals surface area (Å²) in [6, 6.07) is 0. The molecule has 0 heterocycles.